The van der Waals surface area contributed by atoms with Crippen LogP contribution in [0.1, 0.15) is 45.7 Å². The number of nitrogens with one attached hydrogen (secondary N) is 2. The van der Waals surface area contributed by atoms with Crippen molar-refractivity contribution in [3.05, 3.63) is 94.7 Å². The van der Waals surface area contributed by atoms with Gasteiger partial charge in [0.25, 0.3) is 5.91 Å². The van der Waals surface area contributed by atoms with Crippen molar-refractivity contribution >= 4 is 39.9 Å². The van der Waals surface area contributed by atoms with Crippen LogP contribution in [0.4, 0.5) is 11.4 Å². The maximum absolute atomic E-state index is 14.7. The smallest absolute Gasteiger partial charge is 0.251 e. The standard InChI is InChI=1S/C32H27N3O4/c1-17-13-14-21-27(18(17)2)34-30(38)32(21)31(20-9-4-5-10-22(20)33-29(31)37)26(23-11-7-15-35(23)32)28(36)25-16-19-8-3-6-12-24(19)39-25/h3-6,8-10,12-14,16,23,26H,7,11,15H2,1-2H3,(H,33,37)(H,34,38)/t23-,26-,31+,32+/m0/s1. The maximum atomic E-state index is 14.7. The van der Waals surface area contributed by atoms with Crippen molar-refractivity contribution in [1.82, 2.24) is 4.90 Å². The van der Waals surface area contributed by atoms with Gasteiger partial charge in [-0.2, -0.15) is 0 Å². The average molecular weight is 518 g/mol. The minimum atomic E-state index is -1.47. The highest BCUT2D eigenvalue weighted by Crippen LogP contribution is 2.68. The first-order valence-corrected chi connectivity index (χ1v) is 13.5. The van der Waals surface area contributed by atoms with E-state index in [0.717, 1.165) is 34.2 Å². The molecule has 2 saturated heterocycles. The largest absolute Gasteiger partial charge is 0.453 e. The van der Waals surface area contributed by atoms with Crippen LogP contribution >= 0.6 is 0 Å². The van der Waals surface area contributed by atoms with Crippen LogP contribution in [0.2, 0.25) is 0 Å². The first-order chi connectivity index (χ1) is 18.9. The van der Waals surface area contributed by atoms with Gasteiger partial charge in [0.15, 0.2) is 5.76 Å². The molecule has 3 aromatic carbocycles. The molecule has 0 radical (unpaired) electrons. The van der Waals surface area contributed by atoms with Gasteiger partial charge in [0.05, 0.1) is 5.92 Å². The van der Waals surface area contributed by atoms with Crippen LogP contribution in [0.5, 0.6) is 0 Å². The molecule has 39 heavy (non-hydrogen) atoms. The molecule has 4 aliphatic rings. The van der Waals surface area contributed by atoms with Gasteiger partial charge in [0.2, 0.25) is 11.7 Å². The first kappa shape index (κ1) is 22.7. The van der Waals surface area contributed by atoms with Crippen LogP contribution in [0.15, 0.2) is 71.1 Å². The number of furan rings is 1. The Morgan fingerprint density at radius 2 is 1.74 bits per heavy atom. The zero-order chi connectivity index (χ0) is 26.7. The molecule has 0 unspecified atom stereocenters. The number of benzene rings is 3. The molecule has 2 spiro atoms. The molecule has 0 bridgehead atoms. The van der Waals surface area contributed by atoms with Gasteiger partial charge in [-0.3, -0.25) is 19.3 Å². The Morgan fingerprint density at radius 3 is 2.59 bits per heavy atom. The summed E-state index contributed by atoms with van der Waals surface area (Å²) in [5.74, 6) is -1.39. The molecule has 0 saturated carbocycles. The highest BCUT2D eigenvalue weighted by molar-refractivity contribution is 6.21. The Labute approximate surface area is 225 Å². The minimum absolute atomic E-state index is 0.223. The van der Waals surface area contributed by atoms with E-state index in [1.54, 1.807) is 6.07 Å². The van der Waals surface area contributed by atoms with E-state index in [2.05, 4.69) is 15.5 Å². The summed E-state index contributed by atoms with van der Waals surface area (Å²) in [6.45, 7) is 4.63. The summed E-state index contributed by atoms with van der Waals surface area (Å²) in [5, 5.41) is 7.09. The number of fused-ring (bicyclic) bond motifs is 8. The number of hydrogen-bond donors (Lipinski definition) is 2. The maximum Gasteiger partial charge on any atom is 0.251 e. The Kier molecular flexibility index (Phi) is 4.34. The van der Waals surface area contributed by atoms with Gasteiger partial charge in [-0.15, -0.1) is 0 Å². The zero-order valence-electron chi connectivity index (χ0n) is 21.7. The lowest BCUT2D eigenvalue weighted by molar-refractivity contribution is -0.137. The second-order valence-corrected chi connectivity index (χ2v) is 11.3. The lowest BCUT2D eigenvalue weighted by Crippen LogP contribution is -2.62. The third-order valence-corrected chi connectivity index (χ3v) is 9.75. The van der Waals surface area contributed by atoms with E-state index < -0.39 is 16.9 Å². The second-order valence-electron chi connectivity index (χ2n) is 11.3. The van der Waals surface area contributed by atoms with Crippen LogP contribution in [0, 0.1) is 19.8 Å². The number of aryl methyl sites for hydroxylation is 1. The molecule has 7 heteroatoms. The summed E-state index contributed by atoms with van der Waals surface area (Å²) < 4.78 is 6.10. The van der Waals surface area contributed by atoms with Crippen molar-refractivity contribution in [2.75, 3.05) is 17.2 Å². The van der Waals surface area contributed by atoms with E-state index in [0.29, 0.717) is 29.8 Å². The van der Waals surface area contributed by atoms with Gasteiger partial charge in [0.1, 0.15) is 16.5 Å². The van der Waals surface area contributed by atoms with Gasteiger partial charge in [-0.1, -0.05) is 48.5 Å². The molecule has 4 atom stereocenters. The van der Waals surface area contributed by atoms with E-state index in [1.165, 1.54) is 0 Å². The Hall–Kier alpha value is -4.23. The SMILES string of the molecule is Cc1ccc2c(c1C)NC(=O)[C@]21N2CCC[C@H]2[C@@H](C(=O)c2cc3ccccc3o2)[C@]12C(=O)Nc1ccccc12. The zero-order valence-corrected chi connectivity index (χ0v) is 21.7. The monoisotopic (exact) mass is 517 g/mol. The van der Waals surface area contributed by atoms with Crippen molar-refractivity contribution in [2.45, 2.75) is 43.7 Å². The number of anilines is 2. The van der Waals surface area contributed by atoms with Gasteiger partial charge >= 0.3 is 0 Å². The van der Waals surface area contributed by atoms with Crippen molar-refractivity contribution in [2.24, 2.45) is 5.92 Å². The molecular formula is C32H27N3O4. The number of hydrogen-bond acceptors (Lipinski definition) is 5. The molecule has 4 aromatic rings. The molecule has 194 valence electrons. The molecule has 2 N–H and O–H groups in total. The van der Waals surface area contributed by atoms with Crippen molar-refractivity contribution in [1.29, 1.82) is 0 Å². The number of carbonyl (C=O) groups excluding carboxylic acids is 3. The van der Waals surface area contributed by atoms with Gasteiger partial charge in [-0.05, 0) is 68.1 Å². The number of Topliss-reactive ketones (excluding diaryl/α,β-unsaturated/α-hetero) is 1. The van der Waals surface area contributed by atoms with E-state index in [9.17, 15) is 14.4 Å². The Morgan fingerprint density at radius 1 is 0.949 bits per heavy atom. The Bertz CT molecular complexity index is 1740. The summed E-state index contributed by atoms with van der Waals surface area (Å²) in [7, 11) is 0. The Balaban J connectivity index is 1.47. The van der Waals surface area contributed by atoms with Crippen molar-refractivity contribution in [3.63, 3.8) is 0 Å². The molecule has 0 aliphatic carbocycles. The number of para-hydroxylation sites is 2. The van der Waals surface area contributed by atoms with Crippen LogP contribution in [0.3, 0.4) is 0 Å². The van der Waals surface area contributed by atoms with E-state index in [-0.39, 0.29) is 29.4 Å². The molecule has 2 fully saturated rings. The highest BCUT2D eigenvalue weighted by atomic mass is 16.3. The molecule has 7 nitrogen and oxygen atoms in total. The van der Waals surface area contributed by atoms with Crippen molar-refractivity contribution in [3.8, 4) is 0 Å². The number of amides is 2. The minimum Gasteiger partial charge on any atom is -0.453 e. The van der Waals surface area contributed by atoms with E-state index in [4.69, 9.17) is 4.42 Å². The van der Waals surface area contributed by atoms with Gasteiger partial charge in [0, 0.05) is 28.4 Å². The lowest BCUT2D eigenvalue weighted by Gasteiger charge is -2.43. The van der Waals surface area contributed by atoms with Gasteiger partial charge < -0.3 is 15.1 Å². The quantitative estimate of drug-likeness (QED) is 0.363. The number of rotatable bonds is 2. The second kappa shape index (κ2) is 7.45. The highest BCUT2D eigenvalue weighted by Gasteiger charge is 2.81. The lowest BCUT2D eigenvalue weighted by atomic mass is 9.57. The van der Waals surface area contributed by atoms with Crippen LogP contribution < -0.4 is 10.6 Å². The summed E-state index contributed by atoms with van der Waals surface area (Å²) in [5.41, 5.74) is 2.68. The molecule has 1 aromatic heterocycles. The van der Waals surface area contributed by atoms with Crippen molar-refractivity contribution < 1.29 is 18.8 Å². The number of nitrogens with zero attached hydrogens (tertiary/aromatic N) is 1. The predicted molar refractivity (Wildman–Crippen MR) is 147 cm³/mol. The molecule has 2 amide bonds. The average Bonchev–Trinajstić information content (AvgIpc) is 3.72. The predicted octanol–water partition coefficient (Wildman–Crippen LogP) is 5.06. The first-order valence-electron chi connectivity index (χ1n) is 13.5. The summed E-state index contributed by atoms with van der Waals surface area (Å²) >= 11 is 0. The molecule has 5 heterocycles. The summed E-state index contributed by atoms with van der Waals surface area (Å²) in [6.07, 6.45) is 1.55. The van der Waals surface area contributed by atoms with Crippen LogP contribution in [-0.2, 0) is 20.5 Å². The number of ketones is 1. The van der Waals surface area contributed by atoms with Gasteiger partial charge in [-0.25, -0.2) is 0 Å². The summed E-state index contributed by atoms with van der Waals surface area (Å²) in [6, 6.07) is 20.5. The van der Waals surface area contributed by atoms with Crippen LogP contribution in [-0.4, -0.2) is 35.1 Å². The van der Waals surface area contributed by atoms with E-state index in [1.807, 2.05) is 74.5 Å². The summed E-state index contributed by atoms with van der Waals surface area (Å²) in [4.78, 5) is 46.0. The normalized spacial score (nSPS) is 28.7. The molecule has 8 rings (SSSR count). The topological polar surface area (TPSA) is 91.7 Å². The fraction of sp³-hybridized carbons (Fsp3) is 0.281. The van der Waals surface area contributed by atoms with Crippen LogP contribution in [0.25, 0.3) is 11.0 Å². The third-order valence-electron chi connectivity index (χ3n) is 9.75. The number of carbonyl (C=O) groups is 3. The fourth-order valence-corrected chi connectivity index (χ4v) is 8.15. The van der Waals surface area contributed by atoms with E-state index >= 15 is 0 Å². The molecule has 4 aliphatic heterocycles. The third kappa shape index (κ3) is 2.46. The molecular weight excluding hydrogens is 490 g/mol. The fourth-order valence-electron chi connectivity index (χ4n) is 8.15.